The van der Waals surface area contributed by atoms with Crippen LogP contribution < -0.4 is 21.8 Å². The Hall–Kier alpha value is -4.20. The maximum absolute atomic E-state index is 12.2. The van der Waals surface area contributed by atoms with Crippen molar-refractivity contribution in [2.45, 2.75) is 32.7 Å². The van der Waals surface area contributed by atoms with Crippen LogP contribution in [0.5, 0.6) is 0 Å². The number of amides is 3. The standard InChI is InChI=1S/C23H24N4O6.CH4/c24-14-19(23(32)27-33)26-22(31)17-10-6-15(7-11-17)4-5-16-8-12-18(13-9-16)25-20(28)2-1-3-21(29)30;/h6-13,19,33H,1-3,14,24H2,(H,25,28)(H,26,31)(H,27,32)(H,29,30);1H4/t19-;/m0./s1. The summed E-state index contributed by atoms with van der Waals surface area (Å²) in [5.74, 6) is 3.42. The molecule has 0 aromatic heterocycles. The topological polar surface area (TPSA) is 171 Å². The fourth-order valence-electron chi connectivity index (χ4n) is 2.66. The molecule has 0 spiro atoms. The van der Waals surface area contributed by atoms with Crippen LogP contribution in [0.1, 0.15) is 48.2 Å². The Labute approximate surface area is 197 Å². The van der Waals surface area contributed by atoms with Gasteiger partial charge in [-0.3, -0.25) is 24.4 Å². The number of hydrogen-bond acceptors (Lipinski definition) is 6. The van der Waals surface area contributed by atoms with E-state index in [0.29, 0.717) is 22.4 Å². The molecule has 34 heavy (non-hydrogen) atoms. The van der Waals surface area contributed by atoms with Crippen molar-refractivity contribution in [3.05, 3.63) is 65.2 Å². The number of rotatable bonds is 9. The molecular formula is C24H28N4O6. The van der Waals surface area contributed by atoms with Gasteiger partial charge in [-0.15, -0.1) is 0 Å². The molecule has 2 aromatic carbocycles. The van der Waals surface area contributed by atoms with E-state index in [2.05, 4.69) is 22.5 Å². The predicted octanol–water partition coefficient (Wildman–Crippen LogP) is 1.48. The number of carboxylic acid groups (broad SMARTS) is 1. The van der Waals surface area contributed by atoms with E-state index < -0.39 is 23.8 Å². The second-order valence-electron chi connectivity index (χ2n) is 6.94. The second kappa shape index (κ2) is 14.1. The van der Waals surface area contributed by atoms with E-state index in [4.69, 9.17) is 16.0 Å². The van der Waals surface area contributed by atoms with E-state index in [1.54, 1.807) is 48.5 Å². The molecular weight excluding hydrogens is 440 g/mol. The van der Waals surface area contributed by atoms with Crippen LogP contribution in [0.3, 0.4) is 0 Å². The Kier molecular flexibility index (Phi) is 11.5. The summed E-state index contributed by atoms with van der Waals surface area (Å²) in [6, 6.07) is 12.2. The van der Waals surface area contributed by atoms with Crippen molar-refractivity contribution < 1.29 is 29.5 Å². The summed E-state index contributed by atoms with van der Waals surface area (Å²) in [6.45, 7) is -0.172. The lowest BCUT2D eigenvalue weighted by molar-refractivity contribution is -0.137. The van der Waals surface area contributed by atoms with E-state index in [0.717, 1.165) is 0 Å². The summed E-state index contributed by atoms with van der Waals surface area (Å²) < 4.78 is 0. The van der Waals surface area contributed by atoms with Gasteiger partial charge < -0.3 is 21.5 Å². The van der Waals surface area contributed by atoms with Gasteiger partial charge in [-0.25, -0.2) is 5.48 Å². The molecule has 7 N–H and O–H groups in total. The molecule has 10 heteroatoms. The number of aliphatic carboxylic acids is 1. The highest BCUT2D eigenvalue weighted by Crippen LogP contribution is 2.11. The van der Waals surface area contributed by atoms with Crippen LogP contribution in [0.25, 0.3) is 0 Å². The van der Waals surface area contributed by atoms with Crippen LogP contribution in [0.2, 0.25) is 0 Å². The smallest absolute Gasteiger partial charge is 0.303 e. The monoisotopic (exact) mass is 468 g/mol. The highest BCUT2D eigenvalue weighted by atomic mass is 16.5. The first kappa shape index (κ1) is 27.8. The summed E-state index contributed by atoms with van der Waals surface area (Å²) in [5.41, 5.74) is 9.11. The van der Waals surface area contributed by atoms with Gasteiger partial charge in [-0.2, -0.15) is 0 Å². The molecule has 0 radical (unpaired) electrons. The number of anilines is 1. The van der Waals surface area contributed by atoms with E-state index in [-0.39, 0.29) is 39.1 Å². The molecule has 0 saturated heterocycles. The molecule has 0 unspecified atom stereocenters. The third-order valence-electron chi connectivity index (χ3n) is 4.43. The molecule has 3 amide bonds. The number of carbonyl (C=O) groups is 4. The zero-order chi connectivity index (χ0) is 24.2. The average Bonchev–Trinajstić information content (AvgIpc) is 2.81. The zero-order valence-corrected chi connectivity index (χ0v) is 17.6. The quantitative estimate of drug-likeness (QED) is 0.184. The predicted molar refractivity (Wildman–Crippen MR) is 126 cm³/mol. The average molecular weight is 469 g/mol. The molecule has 0 aliphatic carbocycles. The van der Waals surface area contributed by atoms with Crippen molar-refractivity contribution in [3.8, 4) is 11.8 Å². The van der Waals surface area contributed by atoms with E-state index in [9.17, 15) is 19.2 Å². The molecule has 2 rings (SSSR count). The summed E-state index contributed by atoms with van der Waals surface area (Å²) in [7, 11) is 0. The first-order valence-electron chi connectivity index (χ1n) is 10.0. The van der Waals surface area contributed by atoms with E-state index in [1.807, 2.05) is 0 Å². The Balaban J connectivity index is 0.00000578. The molecule has 10 nitrogen and oxygen atoms in total. The second-order valence-corrected chi connectivity index (χ2v) is 6.94. The van der Waals surface area contributed by atoms with Gasteiger partial charge in [0.15, 0.2) is 0 Å². The van der Waals surface area contributed by atoms with Gasteiger partial charge in [-0.1, -0.05) is 19.3 Å². The number of nitrogens with two attached hydrogens (primary N) is 1. The zero-order valence-electron chi connectivity index (χ0n) is 17.6. The number of nitrogens with one attached hydrogen (secondary N) is 3. The lowest BCUT2D eigenvalue weighted by Gasteiger charge is -2.14. The molecule has 0 aliphatic heterocycles. The first-order valence-corrected chi connectivity index (χ1v) is 10.0. The molecule has 0 fully saturated rings. The van der Waals surface area contributed by atoms with Crippen LogP contribution in [-0.4, -0.2) is 46.6 Å². The van der Waals surface area contributed by atoms with Crippen LogP contribution >= 0.6 is 0 Å². The largest absolute Gasteiger partial charge is 0.481 e. The third kappa shape index (κ3) is 9.12. The molecule has 2 aromatic rings. The van der Waals surface area contributed by atoms with Crippen LogP contribution in [0, 0.1) is 11.8 Å². The highest BCUT2D eigenvalue weighted by molar-refractivity contribution is 5.97. The van der Waals surface area contributed by atoms with Gasteiger partial charge in [0, 0.05) is 41.8 Å². The first-order chi connectivity index (χ1) is 15.8. The molecule has 1 atom stereocenters. The van der Waals surface area contributed by atoms with Gasteiger partial charge in [0.1, 0.15) is 6.04 Å². The minimum atomic E-state index is -1.06. The van der Waals surface area contributed by atoms with Crippen LogP contribution in [0.15, 0.2) is 48.5 Å². The Morgan fingerprint density at radius 2 is 1.47 bits per heavy atom. The SMILES string of the molecule is C.NC[C@H](NC(=O)c1ccc(C#Cc2ccc(NC(=O)CCCC(=O)O)cc2)cc1)C(=O)NO. The van der Waals surface area contributed by atoms with Crippen LogP contribution in [0.4, 0.5) is 5.69 Å². The minimum absolute atomic E-state index is 0. The summed E-state index contributed by atoms with van der Waals surface area (Å²) in [6.07, 6.45) is 0.350. The van der Waals surface area contributed by atoms with E-state index >= 15 is 0 Å². The van der Waals surface area contributed by atoms with E-state index in [1.165, 1.54) is 5.48 Å². The number of benzene rings is 2. The lowest BCUT2D eigenvalue weighted by Crippen LogP contribution is -2.50. The van der Waals surface area contributed by atoms with Crippen molar-refractivity contribution in [2.75, 3.05) is 11.9 Å². The number of carboxylic acids is 1. The van der Waals surface area contributed by atoms with Crippen molar-refractivity contribution in [1.29, 1.82) is 0 Å². The maximum Gasteiger partial charge on any atom is 0.303 e. The van der Waals surface area contributed by atoms with Gasteiger partial charge in [0.25, 0.3) is 11.8 Å². The Morgan fingerprint density at radius 3 is 1.97 bits per heavy atom. The summed E-state index contributed by atoms with van der Waals surface area (Å²) in [4.78, 5) is 45.9. The Bertz CT molecular complexity index is 1060. The van der Waals surface area contributed by atoms with Crippen molar-refractivity contribution in [1.82, 2.24) is 10.8 Å². The van der Waals surface area contributed by atoms with Gasteiger partial charge in [-0.05, 0) is 55.0 Å². The molecule has 0 heterocycles. The van der Waals surface area contributed by atoms with Gasteiger partial charge in [0.05, 0.1) is 0 Å². The molecule has 180 valence electrons. The van der Waals surface area contributed by atoms with Gasteiger partial charge in [0.2, 0.25) is 5.91 Å². The number of carbonyl (C=O) groups excluding carboxylic acids is 3. The number of hydroxylamine groups is 1. The number of hydrogen-bond donors (Lipinski definition) is 6. The maximum atomic E-state index is 12.2. The molecule has 0 bridgehead atoms. The lowest BCUT2D eigenvalue weighted by atomic mass is 10.1. The molecule has 0 aliphatic rings. The fraction of sp³-hybridized carbons (Fsp3) is 0.250. The van der Waals surface area contributed by atoms with Crippen molar-refractivity contribution >= 4 is 29.4 Å². The van der Waals surface area contributed by atoms with Crippen molar-refractivity contribution in [3.63, 3.8) is 0 Å². The van der Waals surface area contributed by atoms with Crippen LogP contribution in [-0.2, 0) is 14.4 Å². The third-order valence-corrected chi connectivity index (χ3v) is 4.43. The summed E-state index contributed by atoms with van der Waals surface area (Å²) >= 11 is 0. The van der Waals surface area contributed by atoms with Gasteiger partial charge >= 0.3 is 5.97 Å². The normalized spacial score (nSPS) is 10.5. The molecule has 0 saturated carbocycles. The minimum Gasteiger partial charge on any atom is -0.481 e. The Morgan fingerprint density at radius 1 is 0.912 bits per heavy atom. The summed E-state index contributed by atoms with van der Waals surface area (Å²) in [5, 5.41) is 22.4. The highest BCUT2D eigenvalue weighted by Gasteiger charge is 2.19. The fourth-order valence-corrected chi connectivity index (χ4v) is 2.66. The van der Waals surface area contributed by atoms with Crippen molar-refractivity contribution in [2.24, 2.45) is 5.73 Å².